The maximum atomic E-state index is 12.8. The Kier molecular flexibility index (Phi) is 4.04. The molecule has 0 bridgehead atoms. The van der Waals surface area contributed by atoms with Gasteiger partial charge >= 0.3 is 0 Å². The van der Waals surface area contributed by atoms with Crippen molar-refractivity contribution in [2.45, 2.75) is 43.8 Å². The van der Waals surface area contributed by atoms with E-state index in [0.29, 0.717) is 5.02 Å². The molecule has 2 rings (SSSR count). The SMILES string of the molecule is CC1(C)CN(S(=O)(=O)c2ccc(Cl)cc2N)CC(C)(C)O1. The zero-order valence-electron chi connectivity index (χ0n) is 12.7. The van der Waals surface area contributed by atoms with Gasteiger partial charge in [0.2, 0.25) is 10.0 Å². The molecular formula is C14H21ClN2O3S. The Bertz CT molecular complexity index is 640. The zero-order chi connectivity index (χ0) is 16.1. The van der Waals surface area contributed by atoms with Gasteiger partial charge in [-0.3, -0.25) is 0 Å². The van der Waals surface area contributed by atoms with Crippen molar-refractivity contribution in [3.8, 4) is 0 Å². The number of nitrogens with two attached hydrogens (primary N) is 1. The van der Waals surface area contributed by atoms with Crippen molar-refractivity contribution in [2.75, 3.05) is 18.8 Å². The van der Waals surface area contributed by atoms with E-state index in [0.717, 1.165) is 0 Å². The van der Waals surface area contributed by atoms with Crippen LogP contribution in [0.5, 0.6) is 0 Å². The van der Waals surface area contributed by atoms with Crippen molar-refractivity contribution in [1.82, 2.24) is 4.31 Å². The fraction of sp³-hybridized carbons (Fsp3) is 0.571. The van der Waals surface area contributed by atoms with Gasteiger partial charge in [-0.2, -0.15) is 4.31 Å². The maximum absolute atomic E-state index is 12.8. The third-order valence-corrected chi connectivity index (χ3v) is 5.36. The van der Waals surface area contributed by atoms with Crippen LogP contribution in [0.2, 0.25) is 5.02 Å². The molecule has 0 saturated carbocycles. The molecule has 118 valence electrons. The van der Waals surface area contributed by atoms with Crippen molar-refractivity contribution in [1.29, 1.82) is 0 Å². The van der Waals surface area contributed by atoms with E-state index in [2.05, 4.69) is 0 Å². The van der Waals surface area contributed by atoms with E-state index in [-0.39, 0.29) is 23.7 Å². The first-order valence-electron chi connectivity index (χ1n) is 6.68. The zero-order valence-corrected chi connectivity index (χ0v) is 14.3. The number of benzene rings is 1. The smallest absolute Gasteiger partial charge is 0.245 e. The second kappa shape index (κ2) is 5.12. The third-order valence-electron chi connectivity index (χ3n) is 3.26. The predicted molar refractivity (Wildman–Crippen MR) is 83.9 cm³/mol. The lowest BCUT2D eigenvalue weighted by Crippen LogP contribution is -2.58. The van der Waals surface area contributed by atoms with E-state index >= 15 is 0 Å². The summed E-state index contributed by atoms with van der Waals surface area (Å²) in [7, 11) is -3.68. The summed E-state index contributed by atoms with van der Waals surface area (Å²) in [6.07, 6.45) is 0. The molecule has 1 saturated heterocycles. The number of hydrogen-bond donors (Lipinski definition) is 1. The van der Waals surface area contributed by atoms with E-state index in [1.807, 2.05) is 27.7 Å². The van der Waals surface area contributed by atoms with Gasteiger partial charge in [0, 0.05) is 18.1 Å². The predicted octanol–water partition coefficient (Wildman–Crippen LogP) is 2.50. The molecule has 1 aliphatic heterocycles. The lowest BCUT2D eigenvalue weighted by atomic mass is 10.0. The fourth-order valence-electron chi connectivity index (χ4n) is 2.78. The second-order valence-electron chi connectivity index (χ2n) is 6.58. The summed E-state index contributed by atoms with van der Waals surface area (Å²) in [6, 6.07) is 4.43. The molecule has 2 N–H and O–H groups in total. The number of morpholine rings is 1. The van der Waals surface area contributed by atoms with Crippen LogP contribution in [0.4, 0.5) is 5.69 Å². The lowest BCUT2D eigenvalue weighted by Gasteiger charge is -2.46. The minimum Gasteiger partial charge on any atom is -0.398 e. The summed E-state index contributed by atoms with van der Waals surface area (Å²) in [6.45, 7) is 8.06. The number of nitrogens with zero attached hydrogens (tertiary/aromatic N) is 1. The summed E-state index contributed by atoms with van der Waals surface area (Å²) < 4.78 is 33.0. The van der Waals surface area contributed by atoms with Crippen LogP contribution in [0.1, 0.15) is 27.7 Å². The van der Waals surface area contributed by atoms with Gasteiger partial charge in [0.15, 0.2) is 0 Å². The molecule has 1 fully saturated rings. The normalized spacial score (nSPS) is 22.1. The molecule has 1 aliphatic rings. The Morgan fingerprint density at radius 2 is 1.71 bits per heavy atom. The number of hydrogen-bond acceptors (Lipinski definition) is 4. The molecule has 1 aromatic rings. The molecule has 0 atom stereocenters. The van der Waals surface area contributed by atoms with Crippen molar-refractivity contribution in [3.05, 3.63) is 23.2 Å². The molecule has 0 aromatic heterocycles. The highest BCUT2D eigenvalue weighted by molar-refractivity contribution is 7.89. The summed E-state index contributed by atoms with van der Waals surface area (Å²) in [5, 5.41) is 0.411. The Labute approximate surface area is 131 Å². The summed E-state index contributed by atoms with van der Waals surface area (Å²) in [5.41, 5.74) is 4.87. The molecule has 7 heteroatoms. The van der Waals surface area contributed by atoms with Gasteiger partial charge in [-0.05, 0) is 45.9 Å². The molecule has 0 radical (unpaired) electrons. The van der Waals surface area contributed by atoms with E-state index in [1.165, 1.54) is 22.5 Å². The van der Waals surface area contributed by atoms with Crippen LogP contribution >= 0.6 is 11.6 Å². The minimum atomic E-state index is -3.68. The lowest BCUT2D eigenvalue weighted by molar-refractivity contribution is -0.163. The van der Waals surface area contributed by atoms with Crippen LogP contribution in [0.25, 0.3) is 0 Å². The first kappa shape index (κ1) is 16.5. The van der Waals surface area contributed by atoms with E-state index in [9.17, 15) is 8.42 Å². The molecule has 0 aliphatic carbocycles. The molecule has 0 unspecified atom stereocenters. The maximum Gasteiger partial charge on any atom is 0.245 e. The van der Waals surface area contributed by atoms with Crippen LogP contribution in [-0.2, 0) is 14.8 Å². The van der Waals surface area contributed by atoms with Crippen LogP contribution in [0.3, 0.4) is 0 Å². The Hall–Kier alpha value is -0.820. The summed E-state index contributed by atoms with van der Waals surface area (Å²) in [5.74, 6) is 0. The van der Waals surface area contributed by atoms with E-state index in [1.54, 1.807) is 0 Å². The minimum absolute atomic E-state index is 0.0837. The van der Waals surface area contributed by atoms with E-state index in [4.69, 9.17) is 22.1 Å². The van der Waals surface area contributed by atoms with Crippen molar-refractivity contribution >= 4 is 27.3 Å². The van der Waals surface area contributed by atoms with Gasteiger partial charge in [-0.25, -0.2) is 8.42 Å². The van der Waals surface area contributed by atoms with Gasteiger partial charge in [0.1, 0.15) is 4.90 Å². The van der Waals surface area contributed by atoms with Crippen LogP contribution in [0, 0.1) is 0 Å². The highest BCUT2D eigenvalue weighted by Gasteiger charge is 2.43. The average Bonchev–Trinajstić information content (AvgIpc) is 2.23. The fourth-order valence-corrected chi connectivity index (χ4v) is 4.80. The molecule has 1 heterocycles. The number of sulfonamides is 1. The molecule has 21 heavy (non-hydrogen) atoms. The van der Waals surface area contributed by atoms with Crippen LogP contribution < -0.4 is 5.73 Å². The largest absolute Gasteiger partial charge is 0.398 e. The number of rotatable bonds is 2. The number of nitrogen functional groups attached to an aromatic ring is 1. The monoisotopic (exact) mass is 332 g/mol. The van der Waals surface area contributed by atoms with Crippen molar-refractivity contribution in [3.63, 3.8) is 0 Å². The molecule has 1 aromatic carbocycles. The third kappa shape index (κ3) is 3.51. The molecular weight excluding hydrogens is 312 g/mol. The van der Waals surface area contributed by atoms with Gasteiger partial charge in [-0.1, -0.05) is 11.6 Å². The standard InChI is InChI=1S/C14H21ClN2O3S/c1-13(2)8-17(9-14(3,4)20-13)21(18,19)12-6-5-10(15)7-11(12)16/h5-7H,8-9,16H2,1-4H3. The molecule has 0 spiro atoms. The quantitative estimate of drug-likeness (QED) is 0.844. The van der Waals surface area contributed by atoms with Crippen molar-refractivity contribution < 1.29 is 13.2 Å². The first-order valence-corrected chi connectivity index (χ1v) is 8.50. The molecule has 5 nitrogen and oxygen atoms in total. The van der Waals surface area contributed by atoms with Gasteiger partial charge in [0.25, 0.3) is 0 Å². The van der Waals surface area contributed by atoms with Crippen LogP contribution in [0.15, 0.2) is 23.1 Å². The molecule has 0 amide bonds. The topological polar surface area (TPSA) is 72.6 Å². The second-order valence-corrected chi connectivity index (χ2v) is 8.92. The number of halogens is 1. The van der Waals surface area contributed by atoms with Gasteiger partial charge < -0.3 is 10.5 Å². The Morgan fingerprint density at radius 3 is 2.19 bits per heavy atom. The summed E-state index contributed by atoms with van der Waals surface area (Å²) >= 11 is 5.84. The Morgan fingerprint density at radius 1 is 1.19 bits per heavy atom. The number of ether oxygens (including phenoxy) is 1. The van der Waals surface area contributed by atoms with Crippen molar-refractivity contribution in [2.24, 2.45) is 0 Å². The number of anilines is 1. The highest BCUT2D eigenvalue weighted by Crippen LogP contribution is 2.33. The van der Waals surface area contributed by atoms with Gasteiger partial charge in [0.05, 0.1) is 16.9 Å². The van der Waals surface area contributed by atoms with E-state index < -0.39 is 21.2 Å². The summed E-state index contributed by atoms with van der Waals surface area (Å²) in [4.78, 5) is 0.0837. The van der Waals surface area contributed by atoms with Gasteiger partial charge in [-0.15, -0.1) is 0 Å². The first-order chi connectivity index (χ1) is 9.43. The highest BCUT2D eigenvalue weighted by atomic mass is 35.5. The van der Waals surface area contributed by atoms with Crippen LogP contribution in [-0.4, -0.2) is 37.0 Å². The Balaban J connectivity index is 2.43. The average molecular weight is 333 g/mol.